The number of thioether (sulfide) groups is 1. The SMILES string of the molecule is C=CCOC(=O)C1C(CO)=CS[C@@H]2[C@H](NC(=O)Cc3ccccc3)C(=O)N12. The van der Waals surface area contributed by atoms with Crippen LogP contribution < -0.4 is 5.32 Å². The normalized spacial score (nSPS) is 23.6. The van der Waals surface area contributed by atoms with Gasteiger partial charge in [-0.2, -0.15) is 0 Å². The van der Waals surface area contributed by atoms with Gasteiger partial charge in [0.15, 0.2) is 6.04 Å². The lowest BCUT2D eigenvalue weighted by molar-refractivity contribution is -0.162. The number of esters is 1. The molecule has 1 aromatic carbocycles. The lowest BCUT2D eigenvalue weighted by atomic mass is 9.98. The summed E-state index contributed by atoms with van der Waals surface area (Å²) in [5.41, 5.74) is 1.25. The van der Waals surface area contributed by atoms with Crippen molar-refractivity contribution in [3.05, 3.63) is 59.5 Å². The smallest absolute Gasteiger partial charge is 0.333 e. The summed E-state index contributed by atoms with van der Waals surface area (Å²) in [6.45, 7) is 3.15. The summed E-state index contributed by atoms with van der Waals surface area (Å²) >= 11 is 1.29. The van der Waals surface area contributed by atoms with Gasteiger partial charge in [0, 0.05) is 0 Å². The van der Waals surface area contributed by atoms with Crippen LogP contribution in [0.15, 0.2) is 54.0 Å². The van der Waals surface area contributed by atoms with E-state index in [1.807, 2.05) is 30.3 Å². The third-order valence-corrected chi connectivity index (χ3v) is 5.56. The van der Waals surface area contributed by atoms with Gasteiger partial charge in [-0.25, -0.2) is 4.79 Å². The molecule has 0 saturated carbocycles. The van der Waals surface area contributed by atoms with Crippen molar-refractivity contribution in [2.75, 3.05) is 13.2 Å². The van der Waals surface area contributed by atoms with Crippen molar-refractivity contribution >= 4 is 29.5 Å². The van der Waals surface area contributed by atoms with Gasteiger partial charge >= 0.3 is 5.97 Å². The number of nitrogens with zero attached hydrogens (tertiary/aromatic N) is 1. The molecule has 1 aromatic rings. The molecule has 142 valence electrons. The molecule has 3 atom stereocenters. The number of aliphatic hydroxyl groups is 1. The van der Waals surface area contributed by atoms with Gasteiger partial charge in [0.25, 0.3) is 0 Å². The number of hydrogen-bond donors (Lipinski definition) is 2. The lowest BCUT2D eigenvalue weighted by Crippen LogP contribution is -2.74. The summed E-state index contributed by atoms with van der Waals surface area (Å²) in [4.78, 5) is 38.5. The van der Waals surface area contributed by atoms with Crippen LogP contribution in [0.2, 0.25) is 0 Å². The average molecular weight is 388 g/mol. The first-order valence-electron chi connectivity index (χ1n) is 8.45. The second-order valence-corrected chi connectivity index (χ2v) is 7.14. The number of ether oxygens (including phenoxy) is 1. The van der Waals surface area contributed by atoms with Gasteiger partial charge in [-0.05, 0) is 16.5 Å². The topological polar surface area (TPSA) is 95.9 Å². The van der Waals surface area contributed by atoms with Gasteiger partial charge in [0.1, 0.15) is 18.0 Å². The van der Waals surface area contributed by atoms with E-state index < -0.39 is 23.4 Å². The number of carbonyl (C=O) groups is 3. The predicted molar refractivity (Wildman–Crippen MR) is 100 cm³/mol. The Morgan fingerprint density at radius 2 is 2.07 bits per heavy atom. The third kappa shape index (κ3) is 3.91. The van der Waals surface area contributed by atoms with Crippen molar-refractivity contribution in [2.24, 2.45) is 0 Å². The van der Waals surface area contributed by atoms with Crippen molar-refractivity contribution in [3.63, 3.8) is 0 Å². The highest BCUT2D eigenvalue weighted by Gasteiger charge is 2.56. The molecular formula is C19H20N2O5S. The Morgan fingerprint density at radius 1 is 1.33 bits per heavy atom. The Balaban J connectivity index is 1.68. The second kappa shape index (κ2) is 8.41. The maximum absolute atomic E-state index is 12.6. The summed E-state index contributed by atoms with van der Waals surface area (Å²) in [6, 6.07) is 7.54. The van der Waals surface area contributed by atoms with Crippen molar-refractivity contribution in [1.29, 1.82) is 0 Å². The summed E-state index contributed by atoms with van der Waals surface area (Å²) < 4.78 is 5.06. The average Bonchev–Trinajstić information content (AvgIpc) is 2.69. The monoisotopic (exact) mass is 388 g/mol. The fraction of sp³-hybridized carbons (Fsp3) is 0.316. The number of aliphatic hydroxyl groups excluding tert-OH is 1. The minimum absolute atomic E-state index is 0.0190. The summed E-state index contributed by atoms with van der Waals surface area (Å²) in [5, 5.41) is 13.5. The molecule has 27 heavy (non-hydrogen) atoms. The maximum Gasteiger partial charge on any atom is 0.333 e. The molecule has 8 heteroatoms. The van der Waals surface area contributed by atoms with Crippen LogP contribution in [0, 0.1) is 0 Å². The van der Waals surface area contributed by atoms with Crippen molar-refractivity contribution in [2.45, 2.75) is 23.9 Å². The van der Waals surface area contributed by atoms with E-state index >= 15 is 0 Å². The van der Waals surface area contributed by atoms with Crippen LogP contribution in [0.1, 0.15) is 5.56 Å². The number of rotatable bonds is 7. The van der Waals surface area contributed by atoms with Gasteiger partial charge < -0.3 is 20.1 Å². The highest BCUT2D eigenvalue weighted by Crippen LogP contribution is 2.40. The number of benzene rings is 1. The number of carbonyl (C=O) groups excluding carboxylic acids is 3. The third-order valence-electron chi connectivity index (χ3n) is 4.34. The Morgan fingerprint density at radius 3 is 2.74 bits per heavy atom. The number of hydrogen-bond acceptors (Lipinski definition) is 6. The van der Waals surface area contributed by atoms with Crippen molar-refractivity contribution < 1.29 is 24.2 Å². The minimum Gasteiger partial charge on any atom is -0.460 e. The Bertz CT molecular complexity index is 780. The lowest BCUT2D eigenvalue weighted by Gasteiger charge is -2.51. The molecule has 2 aliphatic heterocycles. The van der Waals surface area contributed by atoms with E-state index in [0.29, 0.717) is 5.57 Å². The first-order chi connectivity index (χ1) is 13.1. The van der Waals surface area contributed by atoms with E-state index in [4.69, 9.17) is 4.74 Å². The molecule has 2 heterocycles. The van der Waals surface area contributed by atoms with E-state index in [9.17, 15) is 19.5 Å². The molecular weight excluding hydrogens is 368 g/mol. The molecule has 0 aromatic heterocycles. The zero-order valence-corrected chi connectivity index (χ0v) is 15.4. The molecule has 0 aliphatic carbocycles. The fourth-order valence-corrected chi connectivity index (χ4v) is 4.27. The highest BCUT2D eigenvalue weighted by molar-refractivity contribution is 8.02. The number of nitrogens with one attached hydrogen (secondary N) is 1. The van der Waals surface area contributed by atoms with Gasteiger partial charge in [0.2, 0.25) is 11.8 Å². The van der Waals surface area contributed by atoms with Crippen LogP contribution in [0.3, 0.4) is 0 Å². The van der Waals surface area contributed by atoms with Crippen LogP contribution in [0.5, 0.6) is 0 Å². The fourth-order valence-electron chi connectivity index (χ4n) is 3.05. The first kappa shape index (κ1) is 19.2. The summed E-state index contributed by atoms with van der Waals surface area (Å²) in [6.07, 6.45) is 1.60. The van der Waals surface area contributed by atoms with Gasteiger partial charge in [-0.15, -0.1) is 11.8 Å². The summed E-state index contributed by atoms with van der Waals surface area (Å²) in [5.74, 6) is -1.25. The van der Waals surface area contributed by atoms with Crippen LogP contribution in [0.25, 0.3) is 0 Å². The van der Waals surface area contributed by atoms with Crippen molar-refractivity contribution in [1.82, 2.24) is 10.2 Å². The molecule has 0 radical (unpaired) electrons. The molecule has 0 bridgehead atoms. The Kier molecular flexibility index (Phi) is 5.98. The quantitative estimate of drug-likeness (QED) is 0.404. The molecule has 3 rings (SSSR count). The van der Waals surface area contributed by atoms with E-state index in [-0.39, 0.29) is 31.4 Å². The molecule has 2 N–H and O–H groups in total. The maximum atomic E-state index is 12.6. The predicted octanol–water partition coefficient (Wildman–Crippen LogP) is 0.603. The molecule has 2 amide bonds. The van der Waals surface area contributed by atoms with E-state index in [0.717, 1.165) is 5.56 Å². The second-order valence-electron chi connectivity index (χ2n) is 6.15. The molecule has 1 saturated heterocycles. The molecule has 1 fully saturated rings. The highest BCUT2D eigenvalue weighted by atomic mass is 32.2. The standard InChI is InChI=1S/C19H20N2O5S/c1-2-8-26-19(25)16-13(10-22)11-27-18-15(17(24)21(16)18)20-14(23)9-12-6-4-3-5-7-12/h2-7,11,15-16,18,22H,1,8-10H2,(H,20,23)/t15-,16?,18-/m1/s1. The molecule has 7 nitrogen and oxygen atoms in total. The van der Waals surface area contributed by atoms with E-state index in [2.05, 4.69) is 11.9 Å². The molecule has 2 aliphatic rings. The number of fused-ring (bicyclic) bond motifs is 1. The van der Waals surface area contributed by atoms with Crippen LogP contribution in [0.4, 0.5) is 0 Å². The van der Waals surface area contributed by atoms with Gasteiger partial charge in [0.05, 0.1) is 13.0 Å². The molecule has 1 unspecified atom stereocenters. The van der Waals surface area contributed by atoms with Gasteiger partial charge in [-0.1, -0.05) is 43.0 Å². The Hall–Kier alpha value is -2.58. The van der Waals surface area contributed by atoms with Crippen LogP contribution in [-0.4, -0.2) is 58.5 Å². The first-order valence-corrected chi connectivity index (χ1v) is 9.39. The minimum atomic E-state index is -0.976. The van der Waals surface area contributed by atoms with Crippen LogP contribution >= 0.6 is 11.8 Å². The van der Waals surface area contributed by atoms with E-state index in [1.165, 1.54) is 22.7 Å². The Labute approximate surface area is 161 Å². The largest absolute Gasteiger partial charge is 0.460 e. The van der Waals surface area contributed by atoms with Gasteiger partial charge in [-0.3, -0.25) is 9.59 Å². The zero-order valence-electron chi connectivity index (χ0n) is 14.5. The summed E-state index contributed by atoms with van der Waals surface area (Å²) in [7, 11) is 0. The zero-order chi connectivity index (χ0) is 19.4. The van der Waals surface area contributed by atoms with Crippen molar-refractivity contribution in [3.8, 4) is 0 Å². The van der Waals surface area contributed by atoms with E-state index in [1.54, 1.807) is 5.41 Å². The number of β-lactam (4-membered cyclic amide) rings is 1. The van der Waals surface area contributed by atoms with Crippen LogP contribution in [-0.2, 0) is 25.5 Å². The molecule has 0 spiro atoms. The number of amides is 2.